The van der Waals surface area contributed by atoms with E-state index in [-0.39, 0.29) is 17.3 Å². The van der Waals surface area contributed by atoms with Crippen LogP contribution >= 0.6 is 0 Å². The fourth-order valence-electron chi connectivity index (χ4n) is 4.99. The molecule has 2 aromatic carbocycles. The SMILES string of the molecule is CC=C1OC(=Cc2ccc(N(CCC)CCCC)cc2)C(=O)C(=Cc2ccc(N(CCC)CCCC)cc2)OC1=CC. The number of anilines is 2. The minimum absolute atomic E-state index is 0.237. The Morgan fingerprint density at radius 1 is 0.548 bits per heavy atom. The van der Waals surface area contributed by atoms with Crippen LogP contribution in [0.2, 0.25) is 0 Å². The first-order chi connectivity index (χ1) is 20.5. The van der Waals surface area contributed by atoms with Gasteiger partial charge in [-0.05, 0) is 99.2 Å². The quantitative estimate of drug-likeness (QED) is 0.212. The van der Waals surface area contributed by atoms with Gasteiger partial charge in [-0.25, -0.2) is 0 Å². The second kappa shape index (κ2) is 17.3. The summed E-state index contributed by atoms with van der Waals surface area (Å²) in [6.45, 7) is 16.8. The summed E-state index contributed by atoms with van der Waals surface area (Å²) in [6, 6.07) is 16.7. The summed E-state index contributed by atoms with van der Waals surface area (Å²) in [5.74, 6) is 1.23. The van der Waals surface area contributed by atoms with Crippen LogP contribution in [0.25, 0.3) is 12.2 Å². The average molecular weight is 571 g/mol. The number of carbonyl (C=O) groups excluding carboxylic acids is 1. The molecule has 5 nitrogen and oxygen atoms in total. The van der Waals surface area contributed by atoms with E-state index in [4.69, 9.17) is 9.47 Å². The van der Waals surface area contributed by atoms with E-state index in [2.05, 4.69) is 61.8 Å². The van der Waals surface area contributed by atoms with Gasteiger partial charge in [-0.2, -0.15) is 0 Å². The van der Waals surface area contributed by atoms with Gasteiger partial charge in [0.2, 0.25) is 0 Å². The van der Waals surface area contributed by atoms with Crippen molar-refractivity contribution in [3.63, 3.8) is 0 Å². The van der Waals surface area contributed by atoms with E-state index in [9.17, 15) is 4.79 Å². The van der Waals surface area contributed by atoms with E-state index in [1.807, 2.05) is 50.3 Å². The van der Waals surface area contributed by atoms with Crippen LogP contribution in [0.3, 0.4) is 0 Å². The van der Waals surface area contributed by atoms with Gasteiger partial charge in [0.15, 0.2) is 23.0 Å². The van der Waals surface area contributed by atoms with E-state index >= 15 is 0 Å². The van der Waals surface area contributed by atoms with E-state index in [1.54, 1.807) is 12.2 Å². The number of hydrogen-bond acceptors (Lipinski definition) is 5. The number of Topliss-reactive ketones (excluding diaryl/α,β-unsaturated/α-hetero) is 1. The van der Waals surface area contributed by atoms with Crippen LogP contribution in [0.1, 0.15) is 91.2 Å². The number of carbonyl (C=O) groups is 1. The normalized spacial score (nSPS) is 17.4. The molecule has 0 saturated carbocycles. The minimum atomic E-state index is -0.287. The molecule has 3 rings (SSSR count). The van der Waals surface area contributed by atoms with Crippen LogP contribution in [-0.2, 0) is 14.3 Å². The third-order valence-corrected chi connectivity index (χ3v) is 7.32. The van der Waals surface area contributed by atoms with Gasteiger partial charge in [0.1, 0.15) is 0 Å². The Hall–Kier alpha value is -3.73. The maximum absolute atomic E-state index is 13.8. The second-order valence-corrected chi connectivity index (χ2v) is 10.7. The molecule has 2 aromatic rings. The molecule has 226 valence electrons. The van der Waals surface area contributed by atoms with Crippen LogP contribution < -0.4 is 9.80 Å². The highest BCUT2D eigenvalue weighted by atomic mass is 16.6. The molecular formula is C37H50N2O3. The molecule has 0 radical (unpaired) electrons. The highest BCUT2D eigenvalue weighted by molar-refractivity contribution is 6.11. The van der Waals surface area contributed by atoms with Gasteiger partial charge >= 0.3 is 0 Å². The molecule has 42 heavy (non-hydrogen) atoms. The summed E-state index contributed by atoms with van der Waals surface area (Å²) >= 11 is 0. The van der Waals surface area contributed by atoms with Crippen molar-refractivity contribution in [2.75, 3.05) is 36.0 Å². The Labute approximate surface area is 254 Å². The summed E-state index contributed by atoms with van der Waals surface area (Å²) in [4.78, 5) is 18.6. The average Bonchev–Trinajstić information content (AvgIpc) is 3.14. The van der Waals surface area contributed by atoms with Gasteiger partial charge in [0.05, 0.1) is 0 Å². The van der Waals surface area contributed by atoms with Crippen molar-refractivity contribution in [2.45, 2.75) is 80.1 Å². The number of allylic oxidation sites excluding steroid dienone is 2. The summed E-state index contributed by atoms with van der Waals surface area (Å²) in [5, 5.41) is 0. The first kappa shape index (κ1) is 32.8. The molecule has 1 aliphatic heterocycles. The number of nitrogens with zero attached hydrogens (tertiary/aromatic N) is 2. The lowest BCUT2D eigenvalue weighted by Crippen LogP contribution is -2.25. The molecule has 0 bridgehead atoms. The smallest absolute Gasteiger partial charge is 0.263 e. The molecule has 0 spiro atoms. The third kappa shape index (κ3) is 9.14. The van der Waals surface area contributed by atoms with Crippen LogP contribution in [-0.4, -0.2) is 32.0 Å². The van der Waals surface area contributed by atoms with Gasteiger partial charge in [-0.15, -0.1) is 0 Å². The highest BCUT2D eigenvalue weighted by Gasteiger charge is 2.27. The van der Waals surface area contributed by atoms with Gasteiger partial charge in [-0.1, -0.05) is 64.8 Å². The lowest BCUT2D eigenvalue weighted by atomic mass is 10.1. The first-order valence-corrected chi connectivity index (χ1v) is 15.8. The zero-order valence-electron chi connectivity index (χ0n) is 26.6. The number of ether oxygens (including phenoxy) is 2. The molecule has 1 saturated heterocycles. The molecule has 5 heteroatoms. The molecule has 0 N–H and O–H groups in total. The molecule has 0 aromatic heterocycles. The lowest BCUT2D eigenvalue weighted by Gasteiger charge is -2.24. The van der Waals surface area contributed by atoms with Crippen molar-refractivity contribution in [3.05, 3.63) is 94.8 Å². The largest absolute Gasteiger partial charge is 0.450 e. The Morgan fingerprint density at radius 2 is 0.929 bits per heavy atom. The van der Waals surface area contributed by atoms with Gasteiger partial charge in [-0.3, -0.25) is 4.79 Å². The summed E-state index contributed by atoms with van der Waals surface area (Å²) in [6.07, 6.45) is 14.1. The number of unbranched alkanes of at least 4 members (excludes halogenated alkanes) is 2. The van der Waals surface area contributed by atoms with Crippen molar-refractivity contribution in [3.8, 4) is 0 Å². The molecule has 0 atom stereocenters. The van der Waals surface area contributed by atoms with Gasteiger partial charge in [0.25, 0.3) is 5.78 Å². The lowest BCUT2D eigenvalue weighted by molar-refractivity contribution is -0.116. The summed E-state index contributed by atoms with van der Waals surface area (Å²) in [5.41, 5.74) is 4.20. The molecule has 1 aliphatic rings. The standard InChI is InChI=1S/C37H50N2O3/c1-7-13-25-38(23-9-3)31-19-15-29(16-20-31)27-35-37(40)36(42-34(12-6)33(11-5)41-35)28-30-17-21-32(22-18-30)39(24-10-4)26-14-8-2/h11-12,15-22,27-28H,7-10,13-14,23-26H2,1-6H3. The molecule has 1 fully saturated rings. The first-order valence-electron chi connectivity index (χ1n) is 15.8. The number of hydrogen-bond donors (Lipinski definition) is 0. The Morgan fingerprint density at radius 3 is 1.24 bits per heavy atom. The zero-order chi connectivity index (χ0) is 30.3. The minimum Gasteiger partial charge on any atom is -0.450 e. The molecule has 0 aliphatic carbocycles. The maximum atomic E-state index is 13.8. The topological polar surface area (TPSA) is 42.0 Å². The van der Waals surface area contributed by atoms with Crippen LogP contribution in [0, 0.1) is 0 Å². The predicted octanol–water partition coefficient (Wildman–Crippen LogP) is 9.53. The van der Waals surface area contributed by atoms with Crippen molar-refractivity contribution >= 4 is 29.3 Å². The summed E-state index contributed by atoms with van der Waals surface area (Å²) in [7, 11) is 0. The van der Waals surface area contributed by atoms with Gasteiger partial charge in [0, 0.05) is 37.6 Å². The van der Waals surface area contributed by atoms with E-state index in [0.717, 1.165) is 50.1 Å². The monoisotopic (exact) mass is 570 g/mol. The molecular weight excluding hydrogens is 520 g/mol. The molecule has 1 heterocycles. The van der Waals surface area contributed by atoms with Crippen molar-refractivity contribution in [1.82, 2.24) is 0 Å². The molecule has 0 amide bonds. The third-order valence-electron chi connectivity index (χ3n) is 7.32. The van der Waals surface area contributed by atoms with Crippen molar-refractivity contribution < 1.29 is 14.3 Å². The Balaban J connectivity index is 1.92. The van der Waals surface area contributed by atoms with Crippen molar-refractivity contribution in [2.24, 2.45) is 0 Å². The number of benzene rings is 2. The van der Waals surface area contributed by atoms with E-state index < -0.39 is 0 Å². The van der Waals surface area contributed by atoms with Crippen molar-refractivity contribution in [1.29, 1.82) is 0 Å². The second-order valence-electron chi connectivity index (χ2n) is 10.7. The van der Waals surface area contributed by atoms with Gasteiger partial charge < -0.3 is 19.3 Å². The predicted molar refractivity (Wildman–Crippen MR) is 178 cm³/mol. The number of rotatable bonds is 14. The maximum Gasteiger partial charge on any atom is 0.263 e. The Kier molecular flexibility index (Phi) is 13.5. The Bertz CT molecular complexity index is 1160. The van der Waals surface area contributed by atoms with Crippen LogP contribution in [0.5, 0.6) is 0 Å². The zero-order valence-corrected chi connectivity index (χ0v) is 26.6. The van der Waals surface area contributed by atoms with E-state index in [0.29, 0.717) is 11.5 Å². The fourth-order valence-corrected chi connectivity index (χ4v) is 4.99. The molecule has 0 unspecified atom stereocenters. The summed E-state index contributed by atoms with van der Waals surface area (Å²) < 4.78 is 12.3. The van der Waals surface area contributed by atoms with Crippen LogP contribution in [0.4, 0.5) is 11.4 Å². The fraction of sp³-hybridized carbons (Fsp3) is 0.432. The highest BCUT2D eigenvalue weighted by Crippen LogP contribution is 2.30. The number of ketones is 1. The van der Waals surface area contributed by atoms with E-state index in [1.165, 1.54) is 37.1 Å². The van der Waals surface area contributed by atoms with Crippen LogP contribution in [0.15, 0.2) is 83.7 Å².